The van der Waals surface area contributed by atoms with Crippen LogP contribution in [-0.4, -0.2) is 36.1 Å². The maximum atomic E-state index is 12.2. The van der Waals surface area contributed by atoms with Crippen LogP contribution >= 0.6 is 0 Å². The first-order valence-corrected chi connectivity index (χ1v) is 8.11. The average molecular weight is 316 g/mol. The summed E-state index contributed by atoms with van der Waals surface area (Å²) in [5.41, 5.74) is 1.16. The number of carbonyl (C=O) groups excluding carboxylic acids is 3. The van der Waals surface area contributed by atoms with E-state index in [1.807, 2.05) is 0 Å². The van der Waals surface area contributed by atoms with Crippen molar-refractivity contribution in [3.05, 3.63) is 29.8 Å². The van der Waals surface area contributed by atoms with Gasteiger partial charge in [-0.25, -0.2) is 0 Å². The van der Waals surface area contributed by atoms with Gasteiger partial charge in [-0.1, -0.05) is 25.5 Å². The number of anilines is 1. The second-order valence-corrected chi connectivity index (χ2v) is 6.19. The van der Waals surface area contributed by atoms with Gasteiger partial charge >= 0.3 is 0 Å². The standard InChI is InChI=1S/C18H24N2O3/c1-4-5-9-20(3)18(23)16-11-15(16)17(22)19-14-8-6-7-13(10-14)12(2)21/h6-8,10,15-16H,4-5,9,11H2,1-3H3,(H,19,22). The van der Waals surface area contributed by atoms with Gasteiger partial charge in [0.15, 0.2) is 5.78 Å². The molecular formula is C18H24N2O3. The fraction of sp³-hybridized carbons (Fsp3) is 0.500. The second-order valence-electron chi connectivity index (χ2n) is 6.19. The van der Waals surface area contributed by atoms with Gasteiger partial charge in [-0.15, -0.1) is 0 Å². The maximum Gasteiger partial charge on any atom is 0.228 e. The zero-order valence-electron chi connectivity index (χ0n) is 14.0. The normalized spacial score (nSPS) is 19.1. The van der Waals surface area contributed by atoms with Crippen LogP contribution in [0.3, 0.4) is 0 Å². The molecule has 1 aromatic rings. The van der Waals surface area contributed by atoms with E-state index in [0.29, 0.717) is 17.7 Å². The summed E-state index contributed by atoms with van der Waals surface area (Å²) in [7, 11) is 1.79. The van der Waals surface area contributed by atoms with Crippen molar-refractivity contribution >= 4 is 23.3 Å². The fourth-order valence-electron chi connectivity index (χ4n) is 2.60. The van der Waals surface area contributed by atoms with Crippen molar-refractivity contribution in [2.75, 3.05) is 18.9 Å². The van der Waals surface area contributed by atoms with Gasteiger partial charge in [0.2, 0.25) is 11.8 Å². The monoisotopic (exact) mass is 316 g/mol. The minimum Gasteiger partial charge on any atom is -0.346 e. The molecule has 1 N–H and O–H groups in total. The van der Waals surface area contributed by atoms with Gasteiger partial charge in [0.05, 0.1) is 11.8 Å². The number of rotatable bonds is 7. The van der Waals surface area contributed by atoms with Gasteiger partial charge < -0.3 is 10.2 Å². The maximum absolute atomic E-state index is 12.2. The highest BCUT2D eigenvalue weighted by Gasteiger charge is 2.48. The van der Waals surface area contributed by atoms with Crippen molar-refractivity contribution in [3.8, 4) is 0 Å². The Morgan fingerprint density at radius 1 is 1.26 bits per heavy atom. The zero-order chi connectivity index (χ0) is 17.0. The van der Waals surface area contributed by atoms with E-state index in [4.69, 9.17) is 0 Å². The van der Waals surface area contributed by atoms with E-state index < -0.39 is 0 Å². The number of amides is 2. The minimum atomic E-state index is -0.257. The summed E-state index contributed by atoms with van der Waals surface area (Å²) in [6.07, 6.45) is 2.62. The largest absolute Gasteiger partial charge is 0.346 e. The van der Waals surface area contributed by atoms with E-state index in [9.17, 15) is 14.4 Å². The van der Waals surface area contributed by atoms with Crippen LogP contribution < -0.4 is 5.32 Å². The molecule has 2 atom stereocenters. The van der Waals surface area contributed by atoms with Crippen molar-refractivity contribution in [1.82, 2.24) is 4.90 Å². The number of carbonyl (C=O) groups is 3. The van der Waals surface area contributed by atoms with Crippen LogP contribution in [0.2, 0.25) is 0 Å². The van der Waals surface area contributed by atoms with Gasteiger partial charge in [0.1, 0.15) is 0 Å². The predicted molar refractivity (Wildman–Crippen MR) is 89.2 cm³/mol. The topological polar surface area (TPSA) is 66.5 Å². The Balaban J connectivity index is 1.90. The first-order chi connectivity index (χ1) is 10.9. The highest BCUT2D eigenvalue weighted by Crippen LogP contribution is 2.40. The molecule has 0 saturated heterocycles. The lowest BCUT2D eigenvalue weighted by molar-refractivity contribution is -0.132. The third-order valence-corrected chi connectivity index (χ3v) is 4.20. The van der Waals surface area contributed by atoms with Gasteiger partial charge in [-0.3, -0.25) is 14.4 Å². The Hall–Kier alpha value is -2.17. The lowest BCUT2D eigenvalue weighted by atomic mass is 10.1. The summed E-state index contributed by atoms with van der Waals surface area (Å²) in [6, 6.07) is 6.86. The summed E-state index contributed by atoms with van der Waals surface area (Å²) in [4.78, 5) is 37.6. The quantitative estimate of drug-likeness (QED) is 0.787. The predicted octanol–water partition coefficient (Wildman–Crippen LogP) is 2.72. The Kier molecular flexibility index (Phi) is 5.53. The van der Waals surface area contributed by atoms with E-state index in [0.717, 1.165) is 19.4 Å². The van der Waals surface area contributed by atoms with Crippen molar-refractivity contribution in [3.63, 3.8) is 0 Å². The number of nitrogens with zero attached hydrogens (tertiary/aromatic N) is 1. The Morgan fingerprint density at radius 2 is 2.00 bits per heavy atom. The van der Waals surface area contributed by atoms with Crippen LogP contribution in [0.15, 0.2) is 24.3 Å². The summed E-state index contributed by atoms with van der Waals surface area (Å²) in [5, 5.41) is 2.80. The highest BCUT2D eigenvalue weighted by molar-refractivity contribution is 6.01. The van der Waals surface area contributed by atoms with E-state index >= 15 is 0 Å². The molecule has 0 heterocycles. The molecule has 2 rings (SSSR count). The van der Waals surface area contributed by atoms with Crippen molar-refractivity contribution in [2.45, 2.75) is 33.1 Å². The third-order valence-electron chi connectivity index (χ3n) is 4.20. The fourth-order valence-corrected chi connectivity index (χ4v) is 2.60. The molecule has 23 heavy (non-hydrogen) atoms. The van der Waals surface area contributed by atoms with Gasteiger partial charge in [-0.05, 0) is 31.9 Å². The molecule has 0 spiro atoms. The summed E-state index contributed by atoms with van der Waals surface area (Å²) >= 11 is 0. The smallest absolute Gasteiger partial charge is 0.228 e. The number of ketones is 1. The van der Waals surface area contributed by atoms with Crippen LogP contribution in [0.1, 0.15) is 43.5 Å². The van der Waals surface area contributed by atoms with Crippen LogP contribution in [-0.2, 0) is 9.59 Å². The number of benzene rings is 1. The molecule has 0 radical (unpaired) electrons. The Bertz CT molecular complexity index is 612. The second kappa shape index (κ2) is 7.40. The van der Waals surface area contributed by atoms with E-state index in [1.165, 1.54) is 6.92 Å². The molecule has 2 amide bonds. The number of hydrogen-bond donors (Lipinski definition) is 1. The first-order valence-electron chi connectivity index (χ1n) is 8.11. The van der Waals surface area contributed by atoms with Crippen LogP contribution in [0.25, 0.3) is 0 Å². The number of unbranched alkanes of at least 4 members (excludes halogenated alkanes) is 1. The van der Waals surface area contributed by atoms with Crippen molar-refractivity contribution in [2.24, 2.45) is 11.8 Å². The molecule has 5 heteroatoms. The van der Waals surface area contributed by atoms with Gasteiger partial charge in [0.25, 0.3) is 0 Å². The molecule has 5 nitrogen and oxygen atoms in total. The first kappa shape index (κ1) is 17.2. The Labute approximate surface area is 137 Å². The van der Waals surface area contributed by atoms with Crippen LogP contribution in [0.4, 0.5) is 5.69 Å². The highest BCUT2D eigenvalue weighted by atomic mass is 16.2. The SMILES string of the molecule is CCCCN(C)C(=O)C1CC1C(=O)Nc1cccc(C(C)=O)c1. The molecule has 2 unspecified atom stereocenters. The molecule has 124 valence electrons. The summed E-state index contributed by atoms with van der Waals surface area (Å²) < 4.78 is 0. The van der Waals surface area contributed by atoms with E-state index in [-0.39, 0.29) is 29.4 Å². The lowest BCUT2D eigenvalue weighted by Crippen LogP contribution is -2.30. The Morgan fingerprint density at radius 3 is 2.65 bits per heavy atom. The zero-order valence-corrected chi connectivity index (χ0v) is 14.0. The van der Waals surface area contributed by atoms with Crippen molar-refractivity contribution < 1.29 is 14.4 Å². The third kappa shape index (κ3) is 4.41. The molecule has 0 aliphatic heterocycles. The molecule has 0 aromatic heterocycles. The van der Waals surface area contributed by atoms with Crippen LogP contribution in [0, 0.1) is 11.8 Å². The number of nitrogens with one attached hydrogen (secondary N) is 1. The number of Topliss-reactive ketones (excluding diaryl/α,β-unsaturated/α-hetero) is 1. The molecule has 1 saturated carbocycles. The van der Waals surface area contributed by atoms with Crippen LogP contribution in [0.5, 0.6) is 0 Å². The molecule has 1 aromatic carbocycles. The van der Waals surface area contributed by atoms with Gasteiger partial charge in [0, 0.05) is 24.8 Å². The average Bonchev–Trinajstić information content (AvgIpc) is 3.32. The number of hydrogen-bond acceptors (Lipinski definition) is 3. The molecule has 1 aliphatic rings. The summed E-state index contributed by atoms with van der Waals surface area (Å²) in [6.45, 7) is 4.31. The van der Waals surface area contributed by atoms with Gasteiger partial charge in [-0.2, -0.15) is 0 Å². The lowest BCUT2D eigenvalue weighted by Gasteiger charge is -2.16. The molecular weight excluding hydrogens is 292 g/mol. The van der Waals surface area contributed by atoms with E-state index in [1.54, 1.807) is 36.2 Å². The summed E-state index contributed by atoms with van der Waals surface area (Å²) in [5.74, 6) is -0.595. The molecule has 0 bridgehead atoms. The molecule has 1 aliphatic carbocycles. The minimum absolute atomic E-state index is 0.0434. The van der Waals surface area contributed by atoms with E-state index in [2.05, 4.69) is 12.2 Å². The van der Waals surface area contributed by atoms with Crippen molar-refractivity contribution in [1.29, 1.82) is 0 Å². The molecule has 1 fully saturated rings.